The van der Waals surface area contributed by atoms with Gasteiger partial charge in [0.25, 0.3) is 5.91 Å². The van der Waals surface area contributed by atoms with Crippen LogP contribution in [0.25, 0.3) is 0 Å². The molecule has 22 heavy (non-hydrogen) atoms. The van der Waals surface area contributed by atoms with Gasteiger partial charge >= 0.3 is 0 Å². The van der Waals surface area contributed by atoms with Gasteiger partial charge in [0.15, 0.2) is 0 Å². The van der Waals surface area contributed by atoms with E-state index in [0.717, 1.165) is 36.7 Å². The molecule has 1 aromatic carbocycles. The van der Waals surface area contributed by atoms with Crippen LogP contribution >= 0.6 is 0 Å². The maximum absolute atomic E-state index is 12.1. The molecule has 0 saturated heterocycles. The van der Waals surface area contributed by atoms with E-state index in [9.17, 15) is 4.79 Å². The molecule has 0 unspecified atom stereocenters. The quantitative estimate of drug-likeness (QED) is 0.909. The van der Waals surface area contributed by atoms with E-state index in [1.54, 1.807) is 18.2 Å². The minimum absolute atomic E-state index is 0.134. The summed E-state index contributed by atoms with van der Waals surface area (Å²) in [6.07, 6.45) is 2.09. The number of rotatable bonds is 4. The molecular weight excluding hydrogens is 280 g/mol. The van der Waals surface area contributed by atoms with Crippen molar-refractivity contribution in [2.75, 3.05) is 11.9 Å². The molecule has 114 valence electrons. The fraction of sp³-hybridized carbons (Fsp3) is 0.312. The zero-order chi connectivity index (χ0) is 15.4. The lowest BCUT2D eigenvalue weighted by molar-refractivity contribution is 0.0950. The van der Waals surface area contributed by atoms with Gasteiger partial charge in [-0.05, 0) is 37.6 Å². The molecule has 2 N–H and O–H groups in total. The second-order valence-corrected chi connectivity index (χ2v) is 5.25. The fourth-order valence-corrected chi connectivity index (χ4v) is 2.29. The largest absolute Gasteiger partial charge is 0.361 e. The van der Waals surface area contributed by atoms with Crippen LogP contribution in [0.15, 0.2) is 39.8 Å². The minimum atomic E-state index is -0.134. The topological polar surface area (TPSA) is 79.5 Å². The van der Waals surface area contributed by atoms with Gasteiger partial charge in [-0.3, -0.25) is 9.79 Å². The Balaban J connectivity index is 1.56. The monoisotopic (exact) mass is 298 g/mol. The first kappa shape index (κ1) is 14.3. The minimum Gasteiger partial charge on any atom is -0.361 e. The van der Waals surface area contributed by atoms with E-state index < -0.39 is 0 Å². The highest BCUT2D eigenvalue weighted by atomic mass is 16.5. The average molecular weight is 298 g/mol. The van der Waals surface area contributed by atoms with Crippen molar-refractivity contribution in [2.45, 2.75) is 26.3 Å². The Morgan fingerprint density at radius 2 is 2.14 bits per heavy atom. The normalized spacial score (nSPS) is 13.8. The maximum atomic E-state index is 12.1. The molecule has 0 saturated carbocycles. The van der Waals surface area contributed by atoms with Crippen molar-refractivity contribution in [3.8, 4) is 0 Å². The van der Waals surface area contributed by atoms with Gasteiger partial charge in [0.2, 0.25) is 0 Å². The van der Waals surface area contributed by atoms with Crippen LogP contribution < -0.4 is 10.6 Å². The Bertz CT molecular complexity index is 688. The Labute approximate surface area is 128 Å². The molecule has 2 aromatic rings. The fourth-order valence-electron chi connectivity index (χ4n) is 2.29. The van der Waals surface area contributed by atoms with Gasteiger partial charge in [0.05, 0.1) is 6.54 Å². The van der Waals surface area contributed by atoms with Crippen molar-refractivity contribution >= 4 is 17.4 Å². The molecule has 6 nitrogen and oxygen atoms in total. The first-order valence-corrected chi connectivity index (χ1v) is 7.31. The number of amidine groups is 1. The van der Waals surface area contributed by atoms with Gasteiger partial charge in [-0.1, -0.05) is 5.16 Å². The summed E-state index contributed by atoms with van der Waals surface area (Å²) in [5.74, 6) is 1.61. The number of anilines is 1. The summed E-state index contributed by atoms with van der Waals surface area (Å²) in [6.45, 7) is 3.07. The summed E-state index contributed by atoms with van der Waals surface area (Å²) in [5, 5.41) is 9.92. The van der Waals surface area contributed by atoms with E-state index in [1.165, 1.54) is 0 Å². The number of hydrogen-bond acceptors (Lipinski definition) is 5. The highest BCUT2D eigenvalue weighted by Gasteiger charge is 2.09. The third-order valence-corrected chi connectivity index (χ3v) is 3.42. The van der Waals surface area contributed by atoms with E-state index in [0.29, 0.717) is 17.8 Å². The number of aryl methyl sites for hydroxylation is 1. The summed E-state index contributed by atoms with van der Waals surface area (Å²) < 4.78 is 4.96. The number of hydrogen-bond donors (Lipinski definition) is 2. The molecule has 1 aliphatic rings. The smallest absolute Gasteiger partial charge is 0.251 e. The summed E-state index contributed by atoms with van der Waals surface area (Å²) in [5.41, 5.74) is 2.27. The van der Waals surface area contributed by atoms with Gasteiger partial charge in [-0.2, -0.15) is 0 Å². The number of aromatic nitrogens is 1. The molecule has 0 spiro atoms. The van der Waals surface area contributed by atoms with E-state index in [-0.39, 0.29) is 5.91 Å². The van der Waals surface area contributed by atoms with Crippen molar-refractivity contribution in [3.05, 3.63) is 47.3 Å². The van der Waals surface area contributed by atoms with Crippen LogP contribution in [0.3, 0.4) is 0 Å². The Kier molecular flexibility index (Phi) is 4.18. The van der Waals surface area contributed by atoms with Crippen LogP contribution in [-0.4, -0.2) is 23.4 Å². The summed E-state index contributed by atoms with van der Waals surface area (Å²) in [7, 11) is 0. The van der Waals surface area contributed by atoms with Crippen molar-refractivity contribution in [3.63, 3.8) is 0 Å². The Hall–Kier alpha value is -2.63. The van der Waals surface area contributed by atoms with E-state index in [1.807, 2.05) is 19.1 Å². The second kappa shape index (κ2) is 6.43. The molecular formula is C16H18N4O2. The van der Waals surface area contributed by atoms with Crippen LogP contribution in [-0.2, 0) is 6.54 Å². The number of benzene rings is 1. The van der Waals surface area contributed by atoms with Crippen molar-refractivity contribution < 1.29 is 9.32 Å². The summed E-state index contributed by atoms with van der Waals surface area (Å²) >= 11 is 0. The lowest BCUT2D eigenvalue weighted by Gasteiger charge is -2.07. The van der Waals surface area contributed by atoms with Gasteiger partial charge in [0, 0.05) is 30.3 Å². The van der Waals surface area contributed by atoms with Gasteiger partial charge in [-0.25, -0.2) is 0 Å². The predicted octanol–water partition coefficient (Wildman–Crippen LogP) is 2.52. The zero-order valence-electron chi connectivity index (χ0n) is 12.4. The number of amides is 1. The van der Waals surface area contributed by atoms with E-state index in [2.05, 4.69) is 20.8 Å². The van der Waals surface area contributed by atoms with Gasteiger partial charge in [0.1, 0.15) is 17.3 Å². The predicted molar refractivity (Wildman–Crippen MR) is 84.0 cm³/mol. The third-order valence-electron chi connectivity index (χ3n) is 3.42. The van der Waals surface area contributed by atoms with Crippen LogP contribution in [0, 0.1) is 6.92 Å². The average Bonchev–Trinajstić information content (AvgIpc) is 3.17. The number of carbonyl (C=O) groups is 1. The molecule has 0 fully saturated rings. The third kappa shape index (κ3) is 3.52. The Morgan fingerprint density at radius 3 is 2.77 bits per heavy atom. The van der Waals surface area contributed by atoms with Crippen molar-refractivity contribution in [2.24, 2.45) is 4.99 Å². The summed E-state index contributed by atoms with van der Waals surface area (Å²) in [6, 6.07) is 9.16. The lowest BCUT2D eigenvalue weighted by atomic mass is 10.2. The molecule has 3 rings (SSSR count). The highest BCUT2D eigenvalue weighted by molar-refractivity contribution is 5.98. The molecule has 2 heterocycles. The number of nitrogens with one attached hydrogen (secondary N) is 2. The number of carbonyl (C=O) groups excluding carboxylic acids is 1. The Morgan fingerprint density at radius 1 is 1.32 bits per heavy atom. The summed E-state index contributed by atoms with van der Waals surface area (Å²) in [4.78, 5) is 16.4. The molecule has 1 amide bonds. The lowest BCUT2D eigenvalue weighted by Crippen LogP contribution is -2.22. The second-order valence-electron chi connectivity index (χ2n) is 5.25. The highest BCUT2D eigenvalue weighted by Crippen LogP contribution is 2.13. The first-order chi connectivity index (χ1) is 10.7. The van der Waals surface area contributed by atoms with Gasteiger partial charge < -0.3 is 15.2 Å². The van der Waals surface area contributed by atoms with Crippen molar-refractivity contribution in [1.29, 1.82) is 0 Å². The molecule has 0 bridgehead atoms. The van der Waals surface area contributed by atoms with Crippen molar-refractivity contribution in [1.82, 2.24) is 10.5 Å². The zero-order valence-corrected chi connectivity index (χ0v) is 12.4. The standard InChI is InChI=1S/C16H18N4O2/c1-11-9-14(20-22-11)10-18-16(21)12-4-6-13(7-5-12)19-15-3-2-8-17-15/h4-7,9H,2-3,8,10H2,1H3,(H,17,19)(H,18,21). The number of nitrogens with zero attached hydrogens (tertiary/aromatic N) is 2. The van der Waals surface area contributed by atoms with Crippen LogP contribution in [0.4, 0.5) is 5.69 Å². The van der Waals surface area contributed by atoms with E-state index >= 15 is 0 Å². The molecule has 0 atom stereocenters. The molecule has 6 heteroatoms. The first-order valence-electron chi connectivity index (χ1n) is 7.31. The molecule has 0 aliphatic carbocycles. The molecule has 0 radical (unpaired) electrons. The van der Waals surface area contributed by atoms with Crippen LogP contribution in [0.5, 0.6) is 0 Å². The molecule has 1 aliphatic heterocycles. The maximum Gasteiger partial charge on any atom is 0.251 e. The van der Waals surface area contributed by atoms with Crippen LogP contribution in [0.1, 0.15) is 34.7 Å². The number of aliphatic imine (C=N–C) groups is 1. The van der Waals surface area contributed by atoms with E-state index in [4.69, 9.17) is 4.52 Å². The SMILES string of the molecule is Cc1cc(CNC(=O)c2ccc(NC3=NCCC3)cc2)no1. The van der Waals surface area contributed by atoms with Gasteiger partial charge in [-0.15, -0.1) is 0 Å². The van der Waals surface area contributed by atoms with Crippen LogP contribution in [0.2, 0.25) is 0 Å². The molecule has 1 aromatic heterocycles.